The predicted molar refractivity (Wildman–Crippen MR) is 61.6 cm³/mol. The molecule has 0 N–H and O–H groups in total. The van der Waals surface area contributed by atoms with Gasteiger partial charge in [-0.25, -0.2) is 0 Å². The fraction of sp³-hybridized carbons (Fsp3) is 0.692. The lowest BCUT2D eigenvalue weighted by Crippen LogP contribution is -2.42. The summed E-state index contributed by atoms with van der Waals surface area (Å²) in [5.74, 6) is 0.281. The third-order valence-corrected chi connectivity index (χ3v) is 3.89. The molecular weight excluding hydrogens is 202 g/mol. The molecule has 1 saturated carbocycles. The Balaban J connectivity index is 2.08. The van der Waals surface area contributed by atoms with Gasteiger partial charge >= 0.3 is 0 Å². The molecule has 2 fully saturated rings. The van der Waals surface area contributed by atoms with E-state index in [-0.39, 0.29) is 24.3 Å². The molecule has 16 heavy (non-hydrogen) atoms. The van der Waals surface area contributed by atoms with Crippen molar-refractivity contribution < 1.29 is 9.59 Å². The van der Waals surface area contributed by atoms with Crippen LogP contribution in [-0.2, 0) is 9.59 Å². The van der Waals surface area contributed by atoms with E-state index in [1.807, 2.05) is 6.92 Å². The first-order valence-corrected chi connectivity index (χ1v) is 6.15. The van der Waals surface area contributed by atoms with Gasteiger partial charge in [0.05, 0.1) is 6.42 Å². The number of amides is 2. The summed E-state index contributed by atoms with van der Waals surface area (Å²) in [7, 11) is 0. The second kappa shape index (κ2) is 4.40. The van der Waals surface area contributed by atoms with Crippen LogP contribution in [0.1, 0.15) is 45.4 Å². The first-order chi connectivity index (χ1) is 7.61. The summed E-state index contributed by atoms with van der Waals surface area (Å²) in [5.41, 5.74) is 0.452. The van der Waals surface area contributed by atoms with Crippen molar-refractivity contribution in [1.82, 2.24) is 4.90 Å². The van der Waals surface area contributed by atoms with Crippen molar-refractivity contribution in [2.24, 2.45) is 5.92 Å². The van der Waals surface area contributed by atoms with Crippen LogP contribution in [0.25, 0.3) is 0 Å². The maximum Gasteiger partial charge on any atom is 0.256 e. The normalized spacial score (nSPS) is 25.3. The first-order valence-electron chi connectivity index (χ1n) is 6.15. The van der Waals surface area contributed by atoms with Crippen molar-refractivity contribution in [1.29, 1.82) is 0 Å². The van der Waals surface area contributed by atoms with Gasteiger partial charge in [-0.3, -0.25) is 14.5 Å². The number of hydrogen-bond acceptors (Lipinski definition) is 2. The van der Waals surface area contributed by atoms with Gasteiger partial charge in [0, 0.05) is 11.6 Å². The fourth-order valence-corrected chi connectivity index (χ4v) is 2.87. The lowest BCUT2D eigenvalue weighted by molar-refractivity contribution is -0.141. The first kappa shape index (κ1) is 11.4. The molecule has 2 rings (SSSR count). The van der Waals surface area contributed by atoms with Crippen molar-refractivity contribution in [3.63, 3.8) is 0 Å². The molecule has 1 atom stereocenters. The zero-order valence-electron chi connectivity index (χ0n) is 9.87. The monoisotopic (exact) mass is 221 g/mol. The third kappa shape index (κ3) is 1.91. The summed E-state index contributed by atoms with van der Waals surface area (Å²) in [4.78, 5) is 25.0. The number of likely N-dealkylation sites (tertiary alicyclic amines) is 1. The molecule has 0 aromatic heterocycles. The maximum absolute atomic E-state index is 11.8. The van der Waals surface area contributed by atoms with Gasteiger partial charge in [-0.15, -0.1) is 0 Å². The summed E-state index contributed by atoms with van der Waals surface area (Å²) in [6, 6.07) is 0.0551. The van der Waals surface area contributed by atoms with E-state index in [0.717, 1.165) is 12.8 Å². The molecule has 1 heterocycles. The van der Waals surface area contributed by atoms with Crippen LogP contribution >= 0.6 is 0 Å². The van der Waals surface area contributed by atoms with Crippen molar-refractivity contribution >= 4 is 11.8 Å². The molecule has 0 unspecified atom stereocenters. The SMILES string of the molecule is C=C1CC(=O)N([C@@H](C)C2CCCCC2)C1=O. The molecule has 0 spiro atoms. The largest absolute Gasteiger partial charge is 0.275 e. The molecule has 1 aliphatic carbocycles. The zero-order chi connectivity index (χ0) is 11.7. The van der Waals surface area contributed by atoms with Gasteiger partial charge in [-0.05, 0) is 25.7 Å². The Bertz CT molecular complexity index is 329. The minimum absolute atomic E-state index is 0.0551. The summed E-state index contributed by atoms with van der Waals surface area (Å²) in [6.07, 6.45) is 6.25. The molecule has 0 bridgehead atoms. The summed E-state index contributed by atoms with van der Waals surface area (Å²) < 4.78 is 0. The Labute approximate surface area is 96.5 Å². The molecule has 0 aromatic carbocycles. The molecule has 3 heteroatoms. The quantitative estimate of drug-likeness (QED) is 0.530. The van der Waals surface area contributed by atoms with E-state index < -0.39 is 0 Å². The van der Waals surface area contributed by atoms with Crippen LogP contribution in [0.3, 0.4) is 0 Å². The van der Waals surface area contributed by atoms with Crippen molar-refractivity contribution in [3.8, 4) is 0 Å². The van der Waals surface area contributed by atoms with E-state index in [0.29, 0.717) is 11.5 Å². The smallest absolute Gasteiger partial charge is 0.256 e. The Morgan fingerprint density at radius 2 is 1.88 bits per heavy atom. The van der Waals surface area contributed by atoms with E-state index in [9.17, 15) is 9.59 Å². The highest BCUT2D eigenvalue weighted by molar-refractivity contribution is 6.13. The number of rotatable bonds is 2. The molecule has 1 saturated heterocycles. The Kier molecular flexibility index (Phi) is 3.13. The minimum Gasteiger partial charge on any atom is -0.275 e. The molecule has 0 aromatic rings. The van der Waals surface area contributed by atoms with Crippen LogP contribution in [0.15, 0.2) is 12.2 Å². The van der Waals surface area contributed by atoms with Gasteiger partial charge in [0.1, 0.15) is 0 Å². The standard InChI is InChI=1S/C13H19NO2/c1-9-8-12(15)14(13(9)16)10(2)11-6-4-3-5-7-11/h10-11H,1,3-8H2,2H3/t10-/m0/s1. The summed E-state index contributed by atoms with van der Waals surface area (Å²) >= 11 is 0. The Hall–Kier alpha value is -1.12. The number of hydrogen-bond donors (Lipinski definition) is 0. The molecule has 2 amide bonds. The van der Waals surface area contributed by atoms with Crippen molar-refractivity contribution in [2.45, 2.75) is 51.5 Å². The van der Waals surface area contributed by atoms with Crippen molar-refractivity contribution in [2.75, 3.05) is 0 Å². The number of nitrogens with zero attached hydrogens (tertiary/aromatic N) is 1. The van der Waals surface area contributed by atoms with E-state index in [1.165, 1.54) is 24.2 Å². The van der Waals surface area contributed by atoms with E-state index in [1.54, 1.807) is 0 Å². The second-order valence-electron chi connectivity index (χ2n) is 4.99. The van der Waals surface area contributed by atoms with E-state index >= 15 is 0 Å². The van der Waals surface area contributed by atoms with Crippen LogP contribution in [-0.4, -0.2) is 22.8 Å². The van der Waals surface area contributed by atoms with Crippen molar-refractivity contribution in [3.05, 3.63) is 12.2 Å². The average molecular weight is 221 g/mol. The van der Waals surface area contributed by atoms with Gasteiger partial charge in [-0.1, -0.05) is 25.8 Å². The van der Waals surface area contributed by atoms with Gasteiger partial charge in [0.15, 0.2) is 0 Å². The van der Waals surface area contributed by atoms with Crippen LogP contribution in [0, 0.1) is 5.92 Å². The van der Waals surface area contributed by atoms with Crippen LogP contribution in [0.5, 0.6) is 0 Å². The predicted octanol–water partition coefficient (Wildman–Crippen LogP) is 2.27. The highest BCUT2D eigenvalue weighted by Gasteiger charge is 2.38. The van der Waals surface area contributed by atoms with Gasteiger partial charge in [0.25, 0.3) is 5.91 Å². The molecule has 1 aliphatic heterocycles. The van der Waals surface area contributed by atoms with Gasteiger partial charge in [0.2, 0.25) is 5.91 Å². The molecule has 0 radical (unpaired) electrons. The van der Waals surface area contributed by atoms with Crippen LogP contribution < -0.4 is 0 Å². The number of carbonyl (C=O) groups excluding carboxylic acids is 2. The molecule has 2 aliphatic rings. The van der Waals surface area contributed by atoms with E-state index in [4.69, 9.17) is 0 Å². The Morgan fingerprint density at radius 1 is 1.25 bits per heavy atom. The Morgan fingerprint density at radius 3 is 2.38 bits per heavy atom. The molecule has 3 nitrogen and oxygen atoms in total. The zero-order valence-corrected chi connectivity index (χ0v) is 9.87. The minimum atomic E-state index is -0.150. The fourth-order valence-electron chi connectivity index (χ4n) is 2.87. The van der Waals surface area contributed by atoms with Crippen LogP contribution in [0.4, 0.5) is 0 Å². The molecule has 88 valence electrons. The number of carbonyl (C=O) groups is 2. The highest BCUT2D eigenvalue weighted by atomic mass is 16.2. The highest BCUT2D eigenvalue weighted by Crippen LogP contribution is 2.31. The lowest BCUT2D eigenvalue weighted by Gasteiger charge is -2.32. The number of imide groups is 1. The topological polar surface area (TPSA) is 37.4 Å². The summed E-state index contributed by atoms with van der Waals surface area (Å²) in [5, 5.41) is 0. The van der Waals surface area contributed by atoms with Crippen LogP contribution in [0.2, 0.25) is 0 Å². The van der Waals surface area contributed by atoms with Gasteiger partial charge in [-0.2, -0.15) is 0 Å². The summed E-state index contributed by atoms with van der Waals surface area (Å²) in [6.45, 7) is 5.66. The lowest BCUT2D eigenvalue weighted by atomic mass is 9.84. The second-order valence-corrected chi connectivity index (χ2v) is 4.99. The average Bonchev–Trinajstić information content (AvgIpc) is 2.54. The maximum atomic E-state index is 11.8. The third-order valence-electron chi connectivity index (χ3n) is 3.89. The van der Waals surface area contributed by atoms with E-state index in [2.05, 4.69) is 6.58 Å². The molecular formula is C13H19NO2. The van der Waals surface area contributed by atoms with Gasteiger partial charge < -0.3 is 0 Å².